The van der Waals surface area contributed by atoms with Crippen LogP contribution in [0.4, 0.5) is 0 Å². The predicted octanol–water partition coefficient (Wildman–Crippen LogP) is 2.96. The molecule has 0 aliphatic carbocycles. The molecule has 0 aliphatic heterocycles. The van der Waals surface area contributed by atoms with Crippen LogP contribution in [0.3, 0.4) is 0 Å². The molecule has 0 unspecified atom stereocenters. The van der Waals surface area contributed by atoms with Crippen LogP contribution in [0, 0.1) is 6.92 Å². The summed E-state index contributed by atoms with van der Waals surface area (Å²) in [5.74, 6) is 1.80. The Morgan fingerprint density at radius 2 is 1.85 bits per heavy atom. The van der Waals surface area contributed by atoms with E-state index in [0.717, 1.165) is 11.3 Å². The van der Waals surface area contributed by atoms with Crippen LogP contribution < -0.4 is 0 Å². The van der Waals surface area contributed by atoms with E-state index in [1.54, 1.807) is 12.1 Å². The highest BCUT2D eigenvalue weighted by Crippen LogP contribution is 2.29. The van der Waals surface area contributed by atoms with Crippen molar-refractivity contribution in [1.82, 2.24) is 0 Å². The van der Waals surface area contributed by atoms with Crippen LogP contribution in [0.2, 0.25) is 0 Å². The average Bonchev–Trinajstić information content (AvgIpc) is 2.53. The number of benzene rings is 1. The molecule has 1 aromatic carbocycles. The van der Waals surface area contributed by atoms with Crippen LogP contribution in [-0.4, -0.2) is 5.11 Å². The summed E-state index contributed by atoms with van der Waals surface area (Å²) >= 11 is 0. The lowest BCUT2D eigenvalue weighted by Crippen LogP contribution is -1.73. The molecule has 0 spiro atoms. The zero-order valence-corrected chi connectivity index (χ0v) is 7.32. The minimum Gasteiger partial charge on any atom is -0.507 e. The molecule has 0 radical (unpaired) electrons. The molecule has 66 valence electrons. The van der Waals surface area contributed by atoms with Crippen LogP contribution in [0.15, 0.2) is 40.8 Å². The van der Waals surface area contributed by atoms with E-state index in [9.17, 15) is 5.11 Å². The van der Waals surface area contributed by atoms with Crippen molar-refractivity contribution in [3.8, 4) is 17.1 Å². The number of hydrogen-bond acceptors (Lipinski definition) is 2. The average molecular weight is 174 g/mol. The van der Waals surface area contributed by atoms with E-state index >= 15 is 0 Å². The lowest BCUT2D eigenvalue weighted by Gasteiger charge is -1.99. The molecule has 0 fully saturated rings. The van der Waals surface area contributed by atoms with Crippen LogP contribution in [-0.2, 0) is 0 Å². The summed E-state index contributed by atoms with van der Waals surface area (Å²) in [6.07, 6.45) is 0. The zero-order valence-electron chi connectivity index (χ0n) is 7.32. The second-order valence-corrected chi connectivity index (χ2v) is 2.93. The van der Waals surface area contributed by atoms with Crippen LogP contribution >= 0.6 is 0 Å². The summed E-state index contributed by atoms with van der Waals surface area (Å²) in [5.41, 5.74) is 0.732. The molecule has 0 atom stereocenters. The molecular formula is C11H10O2. The van der Waals surface area contributed by atoms with E-state index in [4.69, 9.17) is 4.42 Å². The first-order valence-corrected chi connectivity index (χ1v) is 4.12. The number of hydrogen-bond donors (Lipinski definition) is 1. The van der Waals surface area contributed by atoms with Gasteiger partial charge in [0.05, 0.1) is 5.56 Å². The Hall–Kier alpha value is -1.70. The SMILES string of the molecule is Cc1ccc(-c2ccccc2O)o1. The van der Waals surface area contributed by atoms with Gasteiger partial charge in [-0.05, 0) is 31.2 Å². The second kappa shape index (κ2) is 2.98. The first-order chi connectivity index (χ1) is 6.27. The van der Waals surface area contributed by atoms with Gasteiger partial charge in [0.1, 0.15) is 17.3 Å². The number of phenols is 1. The van der Waals surface area contributed by atoms with Crippen molar-refractivity contribution in [3.63, 3.8) is 0 Å². The topological polar surface area (TPSA) is 33.4 Å². The Balaban J connectivity index is 2.52. The fraction of sp³-hybridized carbons (Fsp3) is 0.0909. The van der Waals surface area contributed by atoms with Gasteiger partial charge in [0.2, 0.25) is 0 Å². The third-order valence-corrected chi connectivity index (χ3v) is 1.91. The normalized spacial score (nSPS) is 10.2. The third kappa shape index (κ3) is 1.43. The van der Waals surface area contributed by atoms with Crippen LogP contribution in [0.5, 0.6) is 5.75 Å². The molecule has 2 nitrogen and oxygen atoms in total. The molecule has 13 heavy (non-hydrogen) atoms. The highest BCUT2D eigenvalue weighted by molar-refractivity contribution is 5.65. The third-order valence-electron chi connectivity index (χ3n) is 1.91. The van der Waals surface area contributed by atoms with E-state index in [1.807, 2.05) is 31.2 Å². The fourth-order valence-corrected chi connectivity index (χ4v) is 1.26. The van der Waals surface area contributed by atoms with Gasteiger partial charge in [-0.25, -0.2) is 0 Å². The van der Waals surface area contributed by atoms with Gasteiger partial charge in [0, 0.05) is 0 Å². The van der Waals surface area contributed by atoms with Crippen molar-refractivity contribution in [1.29, 1.82) is 0 Å². The van der Waals surface area contributed by atoms with Gasteiger partial charge < -0.3 is 9.52 Å². The molecule has 1 N–H and O–H groups in total. The molecule has 0 saturated heterocycles. The lowest BCUT2D eigenvalue weighted by molar-refractivity contribution is 0.472. The smallest absolute Gasteiger partial charge is 0.137 e. The molecule has 0 amide bonds. The summed E-state index contributed by atoms with van der Waals surface area (Å²) < 4.78 is 5.39. The molecule has 0 aliphatic rings. The molecule has 0 saturated carbocycles. The quantitative estimate of drug-likeness (QED) is 0.721. The van der Waals surface area contributed by atoms with Crippen molar-refractivity contribution >= 4 is 0 Å². The Kier molecular flexibility index (Phi) is 1.81. The largest absolute Gasteiger partial charge is 0.507 e. The first kappa shape index (κ1) is 7.92. The van der Waals surface area contributed by atoms with E-state index in [0.29, 0.717) is 5.76 Å². The maximum atomic E-state index is 9.51. The van der Waals surface area contributed by atoms with Gasteiger partial charge in [-0.15, -0.1) is 0 Å². The van der Waals surface area contributed by atoms with E-state index in [1.165, 1.54) is 0 Å². The fourth-order valence-electron chi connectivity index (χ4n) is 1.26. The number of para-hydroxylation sites is 1. The van der Waals surface area contributed by atoms with Gasteiger partial charge in [0.25, 0.3) is 0 Å². The summed E-state index contributed by atoms with van der Waals surface area (Å²) in [7, 11) is 0. The van der Waals surface area contributed by atoms with Gasteiger partial charge in [-0.2, -0.15) is 0 Å². The minimum atomic E-state index is 0.247. The van der Waals surface area contributed by atoms with Crippen LogP contribution in [0.25, 0.3) is 11.3 Å². The minimum absolute atomic E-state index is 0.247. The predicted molar refractivity (Wildman–Crippen MR) is 50.5 cm³/mol. The maximum absolute atomic E-state index is 9.51. The monoisotopic (exact) mass is 174 g/mol. The molecule has 0 bridgehead atoms. The van der Waals surface area contributed by atoms with Crippen molar-refractivity contribution in [2.24, 2.45) is 0 Å². The summed E-state index contributed by atoms with van der Waals surface area (Å²) in [6.45, 7) is 1.88. The Labute approximate surface area is 76.4 Å². The highest BCUT2D eigenvalue weighted by atomic mass is 16.3. The van der Waals surface area contributed by atoms with Crippen molar-refractivity contribution in [2.45, 2.75) is 6.92 Å². The van der Waals surface area contributed by atoms with Gasteiger partial charge in [0.15, 0.2) is 0 Å². The van der Waals surface area contributed by atoms with Crippen molar-refractivity contribution in [2.75, 3.05) is 0 Å². The number of rotatable bonds is 1. The van der Waals surface area contributed by atoms with E-state index in [-0.39, 0.29) is 5.75 Å². The van der Waals surface area contributed by atoms with Crippen LogP contribution in [0.1, 0.15) is 5.76 Å². The highest BCUT2D eigenvalue weighted by Gasteiger charge is 2.05. The Morgan fingerprint density at radius 3 is 2.46 bits per heavy atom. The maximum Gasteiger partial charge on any atom is 0.137 e. The number of phenolic OH excluding ortho intramolecular Hbond substituents is 1. The standard InChI is InChI=1S/C11H10O2/c1-8-6-7-11(13-8)9-4-2-3-5-10(9)12/h2-7,12H,1H3. The van der Waals surface area contributed by atoms with Gasteiger partial charge in [-0.3, -0.25) is 0 Å². The Bertz CT molecular complexity index is 416. The zero-order chi connectivity index (χ0) is 9.26. The molecule has 1 aromatic heterocycles. The Morgan fingerprint density at radius 1 is 1.08 bits per heavy atom. The number of furan rings is 1. The van der Waals surface area contributed by atoms with Crippen molar-refractivity contribution < 1.29 is 9.52 Å². The number of aryl methyl sites for hydroxylation is 1. The summed E-state index contributed by atoms with van der Waals surface area (Å²) in [6, 6.07) is 10.9. The molecule has 2 heteroatoms. The molecule has 1 heterocycles. The van der Waals surface area contributed by atoms with Gasteiger partial charge in [-0.1, -0.05) is 12.1 Å². The van der Waals surface area contributed by atoms with Crippen molar-refractivity contribution in [3.05, 3.63) is 42.2 Å². The summed E-state index contributed by atoms with van der Waals surface area (Å²) in [5, 5.41) is 9.51. The van der Waals surface area contributed by atoms with E-state index < -0.39 is 0 Å². The van der Waals surface area contributed by atoms with Gasteiger partial charge >= 0.3 is 0 Å². The molecule has 2 rings (SSSR count). The lowest BCUT2D eigenvalue weighted by atomic mass is 10.1. The second-order valence-electron chi connectivity index (χ2n) is 2.93. The molecular weight excluding hydrogens is 164 g/mol. The number of aromatic hydroxyl groups is 1. The first-order valence-electron chi connectivity index (χ1n) is 4.12. The summed E-state index contributed by atoms with van der Waals surface area (Å²) in [4.78, 5) is 0. The molecule has 2 aromatic rings. The van der Waals surface area contributed by atoms with E-state index in [2.05, 4.69) is 0 Å².